The normalized spacial score (nSPS) is 10.0. The number of benzene rings is 2. The number of rotatable bonds is 5. The van der Waals surface area contributed by atoms with Crippen molar-refractivity contribution in [1.29, 1.82) is 0 Å². The van der Waals surface area contributed by atoms with Crippen LogP contribution >= 0.6 is 27.5 Å². The van der Waals surface area contributed by atoms with Gasteiger partial charge in [-0.3, -0.25) is 4.79 Å². The highest BCUT2D eigenvalue weighted by Crippen LogP contribution is 2.23. The summed E-state index contributed by atoms with van der Waals surface area (Å²) in [6.45, 7) is 0.0699. The molecule has 1 amide bonds. The highest BCUT2D eigenvalue weighted by atomic mass is 79.9. The summed E-state index contributed by atoms with van der Waals surface area (Å²) in [6.07, 6.45) is 0. The second-order valence-corrected chi connectivity index (χ2v) is 5.92. The first-order valence-electron chi connectivity index (χ1n) is 6.67. The number of nitrogens with one attached hydrogen (secondary N) is 2. The van der Waals surface area contributed by atoms with Crippen molar-refractivity contribution in [1.82, 2.24) is 0 Å². The summed E-state index contributed by atoms with van der Waals surface area (Å²) in [6, 6.07) is 12.0. The fraction of sp³-hybridized carbons (Fsp3) is 0.125. The summed E-state index contributed by atoms with van der Waals surface area (Å²) in [5.74, 6) is -0.776. The van der Waals surface area contributed by atoms with E-state index in [1.807, 2.05) is 24.3 Å². The average molecular weight is 398 g/mol. The van der Waals surface area contributed by atoms with Crippen molar-refractivity contribution >= 4 is 50.8 Å². The van der Waals surface area contributed by atoms with E-state index in [1.165, 1.54) is 25.3 Å². The number of ether oxygens (including phenoxy) is 1. The van der Waals surface area contributed by atoms with Crippen LogP contribution in [0.4, 0.5) is 11.4 Å². The van der Waals surface area contributed by atoms with Crippen LogP contribution in [-0.4, -0.2) is 25.5 Å². The molecule has 7 heteroatoms. The molecule has 2 aromatic carbocycles. The van der Waals surface area contributed by atoms with Crippen LogP contribution in [0.2, 0.25) is 5.02 Å². The molecule has 2 N–H and O–H groups in total. The van der Waals surface area contributed by atoms with Gasteiger partial charge in [0.25, 0.3) is 0 Å². The largest absolute Gasteiger partial charge is 0.465 e. The van der Waals surface area contributed by atoms with Gasteiger partial charge in [-0.25, -0.2) is 4.79 Å². The number of carbonyl (C=O) groups is 2. The van der Waals surface area contributed by atoms with Crippen LogP contribution in [0.5, 0.6) is 0 Å². The van der Waals surface area contributed by atoms with Crippen LogP contribution in [-0.2, 0) is 9.53 Å². The Morgan fingerprint density at radius 3 is 2.52 bits per heavy atom. The van der Waals surface area contributed by atoms with Crippen LogP contribution in [0.25, 0.3) is 0 Å². The topological polar surface area (TPSA) is 67.4 Å². The predicted molar refractivity (Wildman–Crippen MR) is 94.1 cm³/mol. The molecule has 23 heavy (non-hydrogen) atoms. The lowest BCUT2D eigenvalue weighted by Gasteiger charge is -2.10. The van der Waals surface area contributed by atoms with Crippen molar-refractivity contribution in [2.75, 3.05) is 24.3 Å². The minimum atomic E-state index is -0.495. The minimum absolute atomic E-state index is 0.0699. The summed E-state index contributed by atoms with van der Waals surface area (Å²) < 4.78 is 5.60. The lowest BCUT2D eigenvalue weighted by atomic mass is 10.2. The van der Waals surface area contributed by atoms with E-state index in [-0.39, 0.29) is 12.5 Å². The van der Waals surface area contributed by atoms with E-state index in [2.05, 4.69) is 31.3 Å². The smallest absolute Gasteiger partial charge is 0.337 e. The molecule has 0 radical (unpaired) electrons. The molecule has 0 saturated carbocycles. The van der Waals surface area contributed by atoms with E-state index in [9.17, 15) is 9.59 Å². The number of esters is 1. The van der Waals surface area contributed by atoms with Crippen molar-refractivity contribution in [2.24, 2.45) is 0 Å². The van der Waals surface area contributed by atoms with Gasteiger partial charge in [0.15, 0.2) is 0 Å². The Labute approximate surface area is 147 Å². The van der Waals surface area contributed by atoms with Gasteiger partial charge in [-0.1, -0.05) is 27.5 Å². The number of anilines is 2. The summed E-state index contributed by atoms with van der Waals surface area (Å²) in [5.41, 5.74) is 1.49. The standard InChI is InChI=1S/C16H14BrClN2O3/c1-23-16(22)10-2-7-13(18)14(8-10)20-15(21)9-19-12-5-3-11(17)4-6-12/h2-8,19H,9H2,1H3,(H,20,21). The van der Waals surface area contributed by atoms with Crippen LogP contribution in [0, 0.1) is 0 Å². The van der Waals surface area contributed by atoms with Crippen molar-refractivity contribution in [3.63, 3.8) is 0 Å². The molecule has 0 atom stereocenters. The van der Waals surface area contributed by atoms with Gasteiger partial charge in [0.05, 0.1) is 29.9 Å². The molecule has 5 nitrogen and oxygen atoms in total. The zero-order valence-electron chi connectivity index (χ0n) is 12.2. The second-order valence-electron chi connectivity index (χ2n) is 4.59. The van der Waals surface area contributed by atoms with Gasteiger partial charge in [0, 0.05) is 10.2 Å². The van der Waals surface area contributed by atoms with Gasteiger partial charge in [0.2, 0.25) is 5.91 Å². The van der Waals surface area contributed by atoms with Gasteiger partial charge in [0.1, 0.15) is 0 Å². The molecule has 0 unspecified atom stereocenters. The number of methoxy groups -OCH3 is 1. The number of halogens is 2. The third kappa shape index (κ3) is 4.97. The van der Waals surface area contributed by atoms with Gasteiger partial charge < -0.3 is 15.4 Å². The molecule has 0 heterocycles. The summed E-state index contributed by atoms with van der Waals surface area (Å²) in [5, 5.41) is 6.00. The quantitative estimate of drug-likeness (QED) is 0.750. The fourth-order valence-electron chi connectivity index (χ4n) is 1.81. The van der Waals surface area contributed by atoms with E-state index in [1.54, 1.807) is 0 Å². The molecule has 0 aliphatic heterocycles. The number of carbonyl (C=O) groups excluding carboxylic acids is 2. The molecule has 0 fully saturated rings. The molecule has 0 bridgehead atoms. The van der Waals surface area contributed by atoms with Gasteiger partial charge in [-0.05, 0) is 42.5 Å². The summed E-state index contributed by atoms with van der Waals surface area (Å²) in [4.78, 5) is 23.5. The van der Waals surface area contributed by atoms with Gasteiger partial charge >= 0.3 is 5.97 Å². The van der Waals surface area contributed by atoms with E-state index < -0.39 is 5.97 Å². The third-order valence-corrected chi connectivity index (χ3v) is 3.82. The zero-order chi connectivity index (χ0) is 16.8. The van der Waals surface area contributed by atoms with Gasteiger partial charge in [-0.15, -0.1) is 0 Å². The Morgan fingerprint density at radius 2 is 1.87 bits per heavy atom. The lowest BCUT2D eigenvalue weighted by molar-refractivity contribution is -0.114. The number of hydrogen-bond acceptors (Lipinski definition) is 4. The Hall–Kier alpha value is -2.05. The maximum atomic E-state index is 12.0. The van der Waals surface area contributed by atoms with Crippen molar-refractivity contribution in [3.05, 3.63) is 57.5 Å². The highest BCUT2D eigenvalue weighted by molar-refractivity contribution is 9.10. The molecule has 0 saturated heterocycles. The molecular formula is C16H14BrClN2O3. The maximum absolute atomic E-state index is 12.0. The van der Waals surface area contributed by atoms with E-state index in [0.717, 1.165) is 10.2 Å². The second kappa shape index (κ2) is 7.99. The maximum Gasteiger partial charge on any atom is 0.337 e. The molecule has 2 rings (SSSR count). The minimum Gasteiger partial charge on any atom is -0.465 e. The molecule has 0 aliphatic carbocycles. The van der Waals surface area contributed by atoms with E-state index in [0.29, 0.717) is 16.3 Å². The van der Waals surface area contributed by atoms with Crippen LogP contribution in [0.3, 0.4) is 0 Å². The van der Waals surface area contributed by atoms with Crippen LogP contribution in [0.15, 0.2) is 46.9 Å². The van der Waals surface area contributed by atoms with Gasteiger partial charge in [-0.2, -0.15) is 0 Å². The first kappa shape index (κ1) is 17.3. The molecule has 120 valence electrons. The van der Waals surface area contributed by atoms with E-state index >= 15 is 0 Å². The SMILES string of the molecule is COC(=O)c1ccc(Cl)c(NC(=O)CNc2ccc(Br)cc2)c1. The van der Waals surface area contributed by atoms with E-state index in [4.69, 9.17) is 11.6 Å². The monoisotopic (exact) mass is 396 g/mol. The predicted octanol–water partition coefficient (Wildman–Crippen LogP) is 3.94. The Balaban J connectivity index is 1.99. The highest BCUT2D eigenvalue weighted by Gasteiger charge is 2.11. The Bertz CT molecular complexity index is 720. The summed E-state index contributed by atoms with van der Waals surface area (Å²) >= 11 is 9.37. The van der Waals surface area contributed by atoms with Crippen molar-refractivity contribution in [2.45, 2.75) is 0 Å². The molecular weight excluding hydrogens is 384 g/mol. The molecule has 0 spiro atoms. The zero-order valence-corrected chi connectivity index (χ0v) is 14.6. The first-order chi connectivity index (χ1) is 11.0. The average Bonchev–Trinajstić information content (AvgIpc) is 2.55. The Morgan fingerprint density at radius 1 is 1.17 bits per heavy atom. The summed E-state index contributed by atoms with van der Waals surface area (Å²) in [7, 11) is 1.29. The van der Waals surface area contributed by atoms with Crippen molar-refractivity contribution < 1.29 is 14.3 Å². The van der Waals surface area contributed by atoms with Crippen molar-refractivity contribution in [3.8, 4) is 0 Å². The van der Waals surface area contributed by atoms with Crippen LogP contribution in [0.1, 0.15) is 10.4 Å². The number of hydrogen-bond donors (Lipinski definition) is 2. The lowest BCUT2D eigenvalue weighted by Crippen LogP contribution is -2.22. The number of amides is 1. The Kier molecular flexibility index (Phi) is 6.01. The fourth-order valence-corrected chi connectivity index (χ4v) is 2.24. The molecule has 0 aromatic heterocycles. The molecule has 2 aromatic rings. The van der Waals surface area contributed by atoms with Crippen LogP contribution < -0.4 is 10.6 Å². The third-order valence-electron chi connectivity index (χ3n) is 2.96. The molecule has 0 aliphatic rings. The first-order valence-corrected chi connectivity index (χ1v) is 7.84.